The molecule has 0 aliphatic carbocycles. The van der Waals surface area contributed by atoms with Crippen molar-refractivity contribution in [2.45, 2.75) is 39.2 Å². The number of piperidine rings is 1. The Hall–Kier alpha value is -1.88. The van der Waals surface area contributed by atoms with Crippen LogP contribution < -0.4 is 4.90 Å². The Morgan fingerprint density at radius 3 is 2.50 bits per heavy atom. The maximum atomic E-state index is 9.01. The molecular formula is C17H24N4O. The van der Waals surface area contributed by atoms with Gasteiger partial charge >= 0.3 is 0 Å². The van der Waals surface area contributed by atoms with Crippen LogP contribution in [0, 0.1) is 6.92 Å². The highest BCUT2D eigenvalue weighted by atomic mass is 16.3. The number of aliphatic hydroxyl groups is 1. The SMILES string of the molecule is Cc1nc(-c2ccc(N3CCCCC3)cc2)n(CCCO)n1. The first-order chi connectivity index (χ1) is 10.8. The summed E-state index contributed by atoms with van der Waals surface area (Å²) in [5.74, 6) is 1.66. The van der Waals surface area contributed by atoms with Gasteiger partial charge < -0.3 is 10.0 Å². The summed E-state index contributed by atoms with van der Waals surface area (Å²) in [5, 5.41) is 13.4. The summed E-state index contributed by atoms with van der Waals surface area (Å²) in [4.78, 5) is 6.99. The first-order valence-electron chi connectivity index (χ1n) is 8.15. The van der Waals surface area contributed by atoms with Gasteiger partial charge in [-0.3, -0.25) is 0 Å². The molecule has 1 saturated heterocycles. The average Bonchev–Trinajstić information content (AvgIpc) is 2.95. The number of benzene rings is 1. The van der Waals surface area contributed by atoms with E-state index in [9.17, 15) is 0 Å². The number of nitrogens with zero attached hydrogens (tertiary/aromatic N) is 4. The number of anilines is 1. The molecule has 0 bridgehead atoms. The van der Waals surface area contributed by atoms with E-state index in [0.29, 0.717) is 13.0 Å². The van der Waals surface area contributed by atoms with Crippen LogP contribution in [0.1, 0.15) is 31.5 Å². The predicted molar refractivity (Wildman–Crippen MR) is 88.0 cm³/mol. The third kappa shape index (κ3) is 3.30. The molecule has 0 atom stereocenters. The number of aliphatic hydroxyl groups excluding tert-OH is 1. The molecule has 0 spiro atoms. The Balaban J connectivity index is 1.80. The highest BCUT2D eigenvalue weighted by Gasteiger charge is 2.13. The van der Waals surface area contributed by atoms with Crippen LogP contribution >= 0.6 is 0 Å². The molecule has 1 aliphatic heterocycles. The molecule has 2 aromatic rings. The van der Waals surface area contributed by atoms with Gasteiger partial charge in [-0.05, 0) is 56.9 Å². The third-order valence-electron chi connectivity index (χ3n) is 4.15. The maximum absolute atomic E-state index is 9.01. The summed E-state index contributed by atoms with van der Waals surface area (Å²) >= 11 is 0. The zero-order valence-electron chi connectivity index (χ0n) is 13.2. The summed E-state index contributed by atoms with van der Waals surface area (Å²) in [6.45, 7) is 5.09. The van der Waals surface area contributed by atoms with E-state index in [-0.39, 0.29) is 6.61 Å². The molecule has 22 heavy (non-hydrogen) atoms. The van der Waals surface area contributed by atoms with Gasteiger partial charge in [0.2, 0.25) is 0 Å². The van der Waals surface area contributed by atoms with Crippen LogP contribution in [-0.2, 0) is 6.54 Å². The monoisotopic (exact) mass is 300 g/mol. The van der Waals surface area contributed by atoms with E-state index >= 15 is 0 Å². The minimum absolute atomic E-state index is 0.173. The molecule has 1 N–H and O–H groups in total. The molecule has 1 fully saturated rings. The van der Waals surface area contributed by atoms with Crippen molar-refractivity contribution < 1.29 is 5.11 Å². The number of aryl methyl sites for hydroxylation is 2. The van der Waals surface area contributed by atoms with Gasteiger partial charge in [0.05, 0.1) is 0 Å². The molecule has 3 rings (SSSR count). The van der Waals surface area contributed by atoms with Gasteiger partial charge in [-0.2, -0.15) is 5.10 Å². The van der Waals surface area contributed by atoms with Crippen molar-refractivity contribution in [3.63, 3.8) is 0 Å². The second-order valence-electron chi connectivity index (χ2n) is 5.88. The quantitative estimate of drug-likeness (QED) is 0.922. The molecule has 2 heterocycles. The fourth-order valence-electron chi connectivity index (χ4n) is 3.02. The average molecular weight is 300 g/mol. The highest BCUT2D eigenvalue weighted by Crippen LogP contribution is 2.24. The largest absolute Gasteiger partial charge is 0.396 e. The van der Waals surface area contributed by atoms with Gasteiger partial charge in [0.15, 0.2) is 5.82 Å². The molecule has 1 aromatic carbocycles. The van der Waals surface area contributed by atoms with Crippen LogP contribution in [-0.4, -0.2) is 39.6 Å². The van der Waals surface area contributed by atoms with E-state index in [4.69, 9.17) is 5.11 Å². The van der Waals surface area contributed by atoms with E-state index in [0.717, 1.165) is 30.3 Å². The molecule has 0 saturated carbocycles. The molecule has 1 aromatic heterocycles. The Morgan fingerprint density at radius 2 is 1.82 bits per heavy atom. The van der Waals surface area contributed by atoms with Crippen LogP contribution in [0.3, 0.4) is 0 Å². The molecule has 5 nitrogen and oxygen atoms in total. The minimum atomic E-state index is 0.173. The fraction of sp³-hybridized carbons (Fsp3) is 0.529. The van der Waals surface area contributed by atoms with Crippen molar-refractivity contribution in [1.29, 1.82) is 0 Å². The molecule has 1 aliphatic rings. The van der Waals surface area contributed by atoms with E-state index in [1.54, 1.807) is 0 Å². The van der Waals surface area contributed by atoms with Gasteiger partial charge in [0, 0.05) is 37.5 Å². The van der Waals surface area contributed by atoms with Gasteiger partial charge in [-0.1, -0.05) is 0 Å². The lowest BCUT2D eigenvalue weighted by Gasteiger charge is -2.28. The zero-order chi connectivity index (χ0) is 15.4. The van der Waals surface area contributed by atoms with Gasteiger partial charge in [-0.15, -0.1) is 0 Å². The van der Waals surface area contributed by atoms with Crippen LogP contribution in [0.15, 0.2) is 24.3 Å². The van der Waals surface area contributed by atoms with Crippen LogP contribution in [0.2, 0.25) is 0 Å². The van der Waals surface area contributed by atoms with Crippen molar-refractivity contribution in [2.75, 3.05) is 24.6 Å². The van der Waals surface area contributed by atoms with Crippen molar-refractivity contribution in [2.24, 2.45) is 0 Å². The molecule has 0 radical (unpaired) electrons. The van der Waals surface area contributed by atoms with E-state index in [2.05, 4.69) is 39.2 Å². The smallest absolute Gasteiger partial charge is 0.158 e. The van der Waals surface area contributed by atoms with Gasteiger partial charge in [-0.25, -0.2) is 9.67 Å². The Bertz CT molecular complexity index is 600. The van der Waals surface area contributed by atoms with E-state index in [1.165, 1.54) is 24.9 Å². The maximum Gasteiger partial charge on any atom is 0.158 e. The van der Waals surface area contributed by atoms with Crippen LogP contribution in [0.5, 0.6) is 0 Å². The fourth-order valence-corrected chi connectivity index (χ4v) is 3.02. The summed E-state index contributed by atoms with van der Waals surface area (Å²) in [6, 6.07) is 8.62. The summed E-state index contributed by atoms with van der Waals surface area (Å²) in [7, 11) is 0. The Kier molecular flexibility index (Phi) is 4.73. The Morgan fingerprint density at radius 1 is 1.09 bits per heavy atom. The number of hydrogen-bond acceptors (Lipinski definition) is 4. The van der Waals surface area contributed by atoms with E-state index < -0.39 is 0 Å². The first kappa shape index (κ1) is 15.0. The lowest BCUT2D eigenvalue weighted by atomic mass is 10.1. The molecule has 118 valence electrons. The topological polar surface area (TPSA) is 54.2 Å². The normalized spacial score (nSPS) is 15.3. The van der Waals surface area contributed by atoms with Gasteiger partial charge in [0.1, 0.15) is 5.82 Å². The van der Waals surface area contributed by atoms with Crippen molar-refractivity contribution in [1.82, 2.24) is 14.8 Å². The zero-order valence-corrected chi connectivity index (χ0v) is 13.2. The minimum Gasteiger partial charge on any atom is -0.396 e. The molecular weight excluding hydrogens is 276 g/mol. The van der Waals surface area contributed by atoms with Crippen LogP contribution in [0.4, 0.5) is 5.69 Å². The summed E-state index contributed by atoms with van der Waals surface area (Å²) in [5.41, 5.74) is 2.38. The van der Waals surface area contributed by atoms with Gasteiger partial charge in [0.25, 0.3) is 0 Å². The lowest BCUT2D eigenvalue weighted by Crippen LogP contribution is -2.29. The first-order valence-corrected chi connectivity index (χ1v) is 8.15. The lowest BCUT2D eigenvalue weighted by molar-refractivity contribution is 0.277. The molecule has 5 heteroatoms. The highest BCUT2D eigenvalue weighted by molar-refractivity contribution is 5.60. The second-order valence-corrected chi connectivity index (χ2v) is 5.88. The Labute approximate surface area is 131 Å². The van der Waals surface area contributed by atoms with Crippen molar-refractivity contribution >= 4 is 5.69 Å². The molecule has 0 unspecified atom stereocenters. The predicted octanol–water partition coefficient (Wildman–Crippen LogP) is 2.63. The number of hydrogen-bond donors (Lipinski definition) is 1. The number of rotatable bonds is 5. The van der Waals surface area contributed by atoms with Crippen LogP contribution in [0.25, 0.3) is 11.4 Å². The second kappa shape index (κ2) is 6.92. The summed E-state index contributed by atoms with van der Waals surface area (Å²) < 4.78 is 1.89. The number of aromatic nitrogens is 3. The van der Waals surface area contributed by atoms with E-state index in [1.807, 2.05) is 11.6 Å². The molecule has 0 amide bonds. The van der Waals surface area contributed by atoms with Crippen molar-refractivity contribution in [3.05, 3.63) is 30.1 Å². The standard InChI is InChI=1S/C17H24N4O/c1-14-18-17(21(19-14)12-5-13-22)15-6-8-16(9-7-15)20-10-3-2-4-11-20/h6-9,22H,2-5,10-13H2,1H3. The third-order valence-corrected chi connectivity index (χ3v) is 4.15. The summed E-state index contributed by atoms with van der Waals surface area (Å²) in [6.07, 6.45) is 4.62. The van der Waals surface area contributed by atoms with Crippen molar-refractivity contribution in [3.8, 4) is 11.4 Å².